The van der Waals surface area contributed by atoms with Gasteiger partial charge >= 0.3 is 0 Å². The molecule has 15 heavy (non-hydrogen) atoms. The van der Waals surface area contributed by atoms with Gasteiger partial charge in [0, 0.05) is 30.7 Å². The number of rotatable bonds is 1. The first-order chi connectivity index (χ1) is 7.36. The third kappa shape index (κ3) is 1.37. The molecule has 2 heteroatoms. The number of nitrogens with zero attached hydrogens (tertiary/aromatic N) is 1. The molecule has 1 atom stereocenters. The van der Waals surface area contributed by atoms with Gasteiger partial charge in [-0.3, -0.25) is 0 Å². The number of fused-ring (bicyclic) bond motifs is 1. The van der Waals surface area contributed by atoms with E-state index >= 15 is 0 Å². The molecular weight excluding hydrogens is 184 g/mol. The molecule has 3 rings (SSSR count). The van der Waals surface area contributed by atoms with Crippen molar-refractivity contribution in [3.05, 3.63) is 36.0 Å². The van der Waals surface area contributed by atoms with E-state index < -0.39 is 0 Å². The van der Waals surface area contributed by atoms with Crippen molar-refractivity contribution in [1.82, 2.24) is 9.88 Å². The Kier molecular flexibility index (Phi) is 2.03. The van der Waals surface area contributed by atoms with Gasteiger partial charge in [-0.15, -0.1) is 0 Å². The van der Waals surface area contributed by atoms with Crippen LogP contribution in [-0.2, 0) is 7.05 Å². The van der Waals surface area contributed by atoms with E-state index in [9.17, 15) is 0 Å². The van der Waals surface area contributed by atoms with E-state index in [1.165, 1.54) is 22.9 Å². The lowest BCUT2D eigenvalue weighted by molar-refractivity contribution is 0.770. The molecule has 78 valence electrons. The summed E-state index contributed by atoms with van der Waals surface area (Å²) in [7, 11) is 2.11. The third-order valence-electron chi connectivity index (χ3n) is 3.46. The van der Waals surface area contributed by atoms with Crippen LogP contribution < -0.4 is 5.32 Å². The summed E-state index contributed by atoms with van der Waals surface area (Å²) in [4.78, 5) is 0. The number of hydrogen-bond acceptors (Lipinski definition) is 1. The lowest BCUT2D eigenvalue weighted by Crippen LogP contribution is -2.08. The largest absolute Gasteiger partial charge is 0.351 e. The number of aromatic nitrogens is 1. The fourth-order valence-corrected chi connectivity index (χ4v) is 2.60. The van der Waals surface area contributed by atoms with Crippen molar-refractivity contribution in [3.8, 4) is 0 Å². The zero-order chi connectivity index (χ0) is 10.3. The van der Waals surface area contributed by atoms with Crippen LogP contribution in [0.25, 0.3) is 10.9 Å². The van der Waals surface area contributed by atoms with Crippen molar-refractivity contribution in [2.24, 2.45) is 7.05 Å². The van der Waals surface area contributed by atoms with Gasteiger partial charge in [-0.05, 0) is 36.6 Å². The molecule has 1 fully saturated rings. The van der Waals surface area contributed by atoms with Gasteiger partial charge < -0.3 is 9.88 Å². The summed E-state index contributed by atoms with van der Waals surface area (Å²) in [5.41, 5.74) is 2.86. The number of benzene rings is 1. The third-order valence-corrected chi connectivity index (χ3v) is 3.46. The summed E-state index contributed by atoms with van der Waals surface area (Å²) >= 11 is 0. The highest BCUT2D eigenvalue weighted by Crippen LogP contribution is 2.29. The van der Waals surface area contributed by atoms with Gasteiger partial charge in [-0.2, -0.15) is 0 Å². The molecular formula is C13H16N2. The zero-order valence-corrected chi connectivity index (χ0v) is 9.03. The van der Waals surface area contributed by atoms with Gasteiger partial charge in [-0.1, -0.05) is 12.1 Å². The Labute approximate surface area is 89.9 Å². The van der Waals surface area contributed by atoms with E-state index in [1.807, 2.05) is 0 Å². The predicted octanol–water partition coefficient (Wildman–Crippen LogP) is 2.26. The minimum absolute atomic E-state index is 0.705. The first-order valence-electron chi connectivity index (χ1n) is 5.61. The van der Waals surface area contributed by atoms with Crippen LogP contribution in [0.5, 0.6) is 0 Å². The molecule has 1 aromatic heterocycles. The normalized spacial score (nSPS) is 21.3. The lowest BCUT2D eigenvalue weighted by atomic mass is 9.95. The Hall–Kier alpha value is -1.28. The van der Waals surface area contributed by atoms with E-state index in [0.29, 0.717) is 5.92 Å². The topological polar surface area (TPSA) is 17.0 Å². The second-order valence-electron chi connectivity index (χ2n) is 4.40. The van der Waals surface area contributed by atoms with Crippen LogP contribution in [0.1, 0.15) is 17.9 Å². The molecule has 0 aliphatic carbocycles. The average molecular weight is 200 g/mol. The maximum absolute atomic E-state index is 3.44. The summed E-state index contributed by atoms with van der Waals surface area (Å²) in [6, 6.07) is 8.89. The Balaban J connectivity index is 2.17. The second-order valence-corrected chi connectivity index (χ2v) is 4.40. The second kappa shape index (κ2) is 3.38. The molecule has 2 aromatic rings. The molecule has 0 saturated carbocycles. The highest BCUT2D eigenvalue weighted by molar-refractivity contribution is 5.84. The number of hydrogen-bond donors (Lipinski definition) is 1. The van der Waals surface area contributed by atoms with Crippen molar-refractivity contribution >= 4 is 10.9 Å². The molecule has 0 spiro atoms. The quantitative estimate of drug-likeness (QED) is 0.747. The van der Waals surface area contributed by atoms with E-state index in [1.54, 1.807) is 0 Å². The molecule has 1 aliphatic heterocycles. The summed E-state index contributed by atoms with van der Waals surface area (Å²) in [5.74, 6) is 0.705. The van der Waals surface area contributed by atoms with Crippen LogP contribution in [0.2, 0.25) is 0 Å². The van der Waals surface area contributed by atoms with E-state index in [0.717, 1.165) is 13.1 Å². The van der Waals surface area contributed by atoms with Crippen molar-refractivity contribution in [2.45, 2.75) is 12.3 Å². The smallest absolute Gasteiger partial charge is 0.0480 e. The number of nitrogens with one attached hydrogen (secondary N) is 1. The van der Waals surface area contributed by atoms with E-state index in [4.69, 9.17) is 0 Å². The van der Waals surface area contributed by atoms with Crippen molar-refractivity contribution in [3.63, 3.8) is 0 Å². The molecule has 1 aliphatic rings. The molecule has 1 N–H and O–H groups in total. The summed E-state index contributed by atoms with van der Waals surface area (Å²) in [6.45, 7) is 2.29. The molecule has 0 radical (unpaired) electrons. The summed E-state index contributed by atoms with van der Waals surface area (Å²) in [6.07, 6.45) is 3.42. The van der Waals surface area contributed by atoms with Crippen molar-refractivity contribution in [2.75, 3.05) is 13.1 Å². The highest BCUT2D eigenvalue weighted by atomic mass is 14.9. The lowest BCUT2D eigenvalue weighted by Gasteiger charge is -2.10. The Morgan fingerprint density at radius 2 is 2.27 bits per heavy atom. The molecule has 2 nitrogen and oxygen atoms in total. The van der Waals surface area contributed by atoms with Gasteiger partial charge in [0.1, 0.15) is 0 Å². The maximum Gasteiger partial charge on any atom is 0.0480 e. The molecule has 2 heterocycles. The SMILES string of the molecule is Cn1ccc2c(C3CCNC3)cccc21. The average Bonchev–Trinajstić information content (AvgIpc) is 2.88. The van der Waals surface area contributed by atoms with Crippen LogP contribution >= 0.6 is 0 Å². The van der Waals surface area contributed by atoms with Gasteiger partial charge in [-0.25, -0.2) is 0 Å². The van der Waals surface area contributed by atoms with Crippen molar-refractivity contribution < 1.29 is 0 Å². The van der Waals surface area contributed by atoms with Gasteiger partial charge in [0.15, 0.2) is 0 Å². The molecule has 1 saturated heterocycles. The van der Waals surface area contributed by atoms with Gasteiger partial charge in [0.2, 0.25) is 0 Å². The summed E-state index contributed by atoms with van der Waals surface area (Å²) < 4.78 is 2.20. The van der Waals surface area contributed by atoms with Crippen LogP contribution in [0.15, 0.2) is 30.5 Å². The molecule has 1 unspecified atom stereocenters. The fourth-order valence-electron chi connectivity index (χ4n) is 2.60. The van der Waals surface area contributed by atoms with Crippen LogP contribution in [0.3, 0.4) is 0 Å². The van der Waals surface area contributed by atoms with Crippen LogP contribution in [0.4, 0.5) is 0 Å². The summed E-state index contributed by atoms with van der Waals surface area (Å²) in [5, 5.41) is 4.86. The van der Waals surface area contributed by atoms with Crippen LogP contribution in [0, 0.1) is 0 Å². The minimum atomic E-state index is 0.705. The Morgan fingerprint density at radius 3 is 3.07 bits per heavy atom. The first-order valence-corrected chi connectivity index (χ1v) is 5.61. The highest BCUT2D eigenvalue weighted by Gasteiger charge is 2.18. The van der Waals surface area contributed by atoms with Crippen LogP contribution in [-0.4, -0.2) is 17.7 Å². The minimum Gasteiger partial charge on any atom is -0.351 e. The standard InChI is InChI=1S/C13H16N2/c1-15-8-6-12-11(3-2-4-13(12)15)10-5-7-14-9-10/h2-4,6,8,10,14H,5,7,9H2,1H3. The van der Waals surface area contributed by atoms with Gasteiger partial charge in [0.25, 0.3) is 0 Å². The molecule has 0 amide bonds. The van der Waals surface area contributed by atoms with E-state index in [2.05, 4.69) is 47.4 Å². The predicted molar refractivity (Wildman–Crippen MR) is 63.1 cm³/mol. The first kappa shape index (κ1) is 8.98. The monoisotopic (exact) mass is 200 g/mol. The number of aryl methyl sites for hydroxylation is 1. The Bertz CT molecular complexity index is 478. The molecule has 1 aromatic carbocycles. The van der Waals surface area contributed by atoms with Crippen molar-refractivity contribution in [1.29, 1.82) is 0 Å². The van der Waals surface area contributed by atoms with Gasteiger partial charge in [0.05, 0.1) is 0 Å². The van der Waals surface area contributed by atoms with E-state index in [-0.39, 0.29) is 0 Å². The molecule has 0 bridgehead atoms. The fraction of sp³-hybridized carbons (Fsp3) is 0.385. The maximum atomic E-state index is 3.44. The Morgan fingerprint density at radius 1 is 1.33 bits per heavy atom. The zero-order valence-electron chi connectivity index (χ0n) is 9.03.